The molecule has 0 radical (unpaired) electrons. The standard InChI is InChI=1S/C23H20N2/c1-2-8-18(9-3-1)22-13-5-4-10-19(22)16-20-11-7-15-25-23(20)21-12-6-14-24-17-21/h1-6,8-10,12-14,16-17H,7,11,15H2. The molecule has 0 amide bonds. The Hall–Kier alpha value is -3.00. The highest BCUT2D eigenvalue weighted by atomic mass is 14.8. The lowest BCUT2D eigenvalue weighted by Crippen LogP contribution is -2.12. The number of benzene rings is 2. The van der Waals surface area contributed by atoms with Crippen molar-refractivity contribution in [2.45, 2.75) is 12.8 Å². The van der Waals surface area contributed by atoms with E-state index in [1.54, 1.807) is 6.20 Å². The van der Waals surface area contributed by atoms with Crippen molar-refractivity contribution in [1.29, 1.82) is 0 Å². The third-order valence-electron chi connectivity index (χ3n) is 4.49. The summed E-state index contributed by atoms with van der Waals surface area (Å²) < 4.78 is 0. The zero-order chi connectivity index (χ0) is 16.9. The van der Waals surface area contributed by atoms with Crippen LogP contribution in [0, 0.1) is 0 Å². The number of rotatable bonds is 3. The van der Waals surface area contributed by atoms with Crippen LogP contribution in [0.4, 0.5) is 0 Å². The summed E-state index contributed by atoms with van der Waals surface area (Å²) in [6.07, 6.45) is 8.16. The molecule has 0 fully saturated rings. The van der Waals surface area contributed by atoms with Crippen LogP contribution in [0.25, 0.3) is 17.2 Å². The molecule has 2 nitrogen and oxygen atoms in total. The highest BCUT2D eigenvalue weighted by Gasteiger charge is 2.15. The molecule has 1 aromatic heterocycles. The van der Waals surface area contributed by atoms with E-state index in [-0.39, 0.29) is 0 Å². The van der Waals surface area contributed by atoms with Gasteiger partial charge in [0, 0.05) is 24.5 Å². The molecule has 0 spiro atoms. The average molecular weight is 324 g/mol. The van der Waals surface area contributed by atoms with E-state index in [1.165, 1.54) is 22.3 Å². The van der Waals surface area contributed by atoms with Crippen molar-refractivity contribution in [3.63, 3.8) is 0 Å². The predicted molar refractivity (Wildman–Crippen MR) is 105 cm³/mol. The Balaban J connectivity index is 1.78. The molecule has 0 aliphatic carbocycles. The Labute approximate surface area is 148 Å². The zero-order valence-corrected chi connectivity index (χ0v) is 14.1. The van der Waals surface area contributed by atoms with Crippen molar-refractivity contribution < 1.29 is 0 Å². The molecule has 0 saturated carbocycles. The number of pyridine rings is 1. The van der Waals surface area contributed by atoms with E-state index in [4.69, 9.17) is 4.99 Å². The maximum absolute atomic E-state index is 4.79. The van der Waals surface area contributed by atoms with Crippen molar-refractivity contribution in [2.24, 2.45) is 4.99 Å². The van der Waals surface area contributed by atoms with E-state index in [0.29, 0.717) is 0 Å². The molecule has 2 heterocycles. The van der Waals surface area contributed by atoms with Gasteiger partial charge < -0.3 is 0 Å². The monoisotopic (exact) mass is 324 g/mol. The smallest absolute Gasteiger partial charge is 0.0694 e. The lowest BCUT2D eigenvalue weighted by atomic mass is 9.92. The normalized spacial score (nSPS) is 15.8. The SMILES string of the molecule is C(=C1CCCN=C1c1cccnc1)c1ccccc1-c1ccccc1. The fourth-order valence-electron chi connectivity index (χ4n) is 3.29. The van der Waals surface area contributed by atoms with Crippen LogP contribution in [0.5, 0.6) is 0 Å². The minimum Gasteiger partial charge on any atom is -0.284 e. The second kappa shape index (κ2) is 7.27. The zero-order valence-electron chi connectivity index (χ0n) is 14.1. The van der Waals surface area contributed by atoms with Crippen molar-refractivity contribution in [2.75, 3.05) is 6.54 Å². The molecule has 2 aromatic carbocycles. The first-order valence-corrected chi connectivity index (χ1v) is 8.72. The van der Waals surface area contributed by atoms with E-state index in [0.717, 1.165) is 30.7 Å². The predicted octanol–water partition coefficient (Wildman–Crippen LogP) is 5.42. The molecule has 0 unspecified atom stereocenters. The molecule has 0 atom stereocenters. The molecule has 4 rings (SSSR count). The Morgan fingerprint density at radius 1 is 0.800 bits per heavy atom. The average Bonchev–Trinajstić information content (AvgIpc) is 2.70. The Morgan fingerprint density at radius 3 is 2.44 bits per heavy atom. The third kappa shape index (κ3) is 3.43. The van der Waals surface area contributed by atoms with E-state index in [9.17, 15) is 0 Å². The quantitative estimate of drug-likeness (QED) is 0.632. The van der Waals surface area contributed by atoms with Gasteiger partial charge >= 0.3 is 0 Å². The second-order valence-corrected chi connectivity index (χ2v) is 6.20. The van der Waals surface area contributed by atoms with Crippen LogP contribution in [0.2, 0.25) is 0 Å². The van der Waals surface area contributed by atoms with Gasteiger partial charge in [-0.15, -0.1) is 0 Å². The summed E-state index contributed by atoms with van der Waals surface area (Å²) >= 11 is 0. The van der Waals surface area contributed by atoms with Gasteiger partial charge in [-0.3, -0.25) is 9.98 Å². The molecule has 1 aliphatic rings. The largest absolute Gasteiger partial charge is 0.284 e. The number of aliphatic imine (C=N–C) groups is 1. The van der Waals surface area contributed by atoms with Crippen LogP contribution in [0.15, 0.2) is 89.7 Å². The molecular formula is C23H20N2. The molecule has 0 N–H and O–H groups in total. The Morgan fingerprint density at radius 2 is 1.60 bits per heavy atom. The van der Waals surface area contributed by atoms with E-state index in [2.05, 4.69) is 71.7 Å². The topological polar surface area (TPSA) is 25.2 Å². The Kier molecular flexibility index (Phi) is 4.51. The summed E-state index contributed by atoms with van der Waals surface area (Å²) in [5.74, 6) is 0. The molecule has 122 valence electrons. The first-order valence-electron chi connectivity index (χ1n) is 8.72. The van der Waals surface area contributed by atoms with Gasteiger partial charge in [0.05, 0.1) is 5.71 Å². The summed E-state index contributed by atoms with van der Waals surface area (Å²) in [7, 11) is 0. The summed E-state index contributed by atoms with van der Waals surface area (Å²) in [5.41, 5.74) is 7.22. The van der Waals surface area contributed by atoms with Gasteiger partial charge in [0.15, 0.2) is 0 Å². The van der Waals surface area contributed by atoms with Crippen molar-refractivity contribution in [3.05, 3.63) is 95.8 Å². The number of hydrogen-bond acceptors (Lipinski definition) is 2. The Bertz CT molecular complexity index is 909. The van der Waals surface area contributed by atoms with Gasteiger partial charge in [0.2, 0.25) is 0 Å². The van der Waals surface area contributed by atoms with E-state index >= 15 is 0 Å². The van der Waals surface area contributed by atoms with E-state index in [1.807, 2.05) is 12.3 Å². The van der Waals surface area contributed by atoms with Crippen LogP contribution in [0.1, 0.15) is 24.0 Å². The minimum atomic E-state index is 0.891. The molecular weight excluding hydrogens is 304 g/mol. The van der Waals surface area contributed by atoms with Gasteiger partial charge in [-0.1, -0.05) is 54.6 Å². The van der Waals surface area contributed by atoms with Crippen molar-refractivity contribution in [1.82, 2.24) is 4.98 Å². The van der Waals surface area contributed by atoms with Gasteiger partial charge in [-0.05, 0) is 53.3 Å². The second-order valence-electron chi connectivity index (χ2n) is 6.20. The van der Waals surface area contributed by atoms with Crippen LogP contribution in [0.3, 0.4) is 0 Å². The van der Waals surface area contributed by atoms with Crippen LogP contribution in [-0.2, 0) is 0 Å². The van der Waals surface area contributed by atoms with Gasteiger partial charge in [0.25, 0.3) is 0 Å². The summed E-state index contributed by atoms with van der Waals surface area (Å²) in [6, 6.07) is 23.2. The van der Waals surface area contributed by atoms with Gasteiger partial charge in [-0.25, -0.2) is 0 Å². The third-order valence-corrected chi connectivity index (χ3v) is 4.49. The fraction of sp³-hybridized carbons (Fsp3) is 0.130. The highest BCUT2D eigenvalue weighted by Crippen LogP contribution is 2.28. The number of nitrogens with zero attached hydrogens (tertiary/aromatic N) is 2. The molecule has 0 bridgehead atoms. The first kappa shape index (κ1) is 15.5. The molecule has 0 saturated heterocycles. The lowest BCUT2D eigenvalue weighted by Gasteiger charge is -2.17. The van der Waals surface area contributed by atoms with Gasteiger partial charge in [-0.2, -0.15) is 0 Å². The van der Waals surface area contributed by atoms with Crippen LogP contribution >= 0.6 is 0 Å². The van der Waals surface area contributed by atoms with Crippen LogP contribution in [-0.4, -0.2) is 17.2 Å². The highest BCUT2D eigenvalue weighted by molar-refractivity contribution is 6.15. The maximum atomic E-state index is 4.79. The van der Waals surface area contributed by atoms with E-state index < -0.39 is 0 Å². The number of allylic oxidation sites excluding steroid dienone is 1. The molecule has 25 heavy (non-hydrogen) atoms. The lowest BCUT2D eigenvalue weighted by molar-refractivity contribution is 0.818. The van der Waals surface area contributed by atoms with Gasteiger partial charge in [0.1, 0.15) is 0 Å². The summed E-state index contributed by atoms with van der Waals surface area (Å²) in [6.45, 7) is 0.891. The number of hydrogen-bond donors (Lipinski definition) is 0. The molecule has 2 heteroatoms. The maximum Gasteiger partial charge on any atom is 0.0694 e. The number of aromatic nitrogens is 1. The molecule has 1 aliphatic heterocycles. The first-order chi connectivity index (χ1) is 12.4. The van der Waals surface area contributed by atoms with Crippen LogP contribution < -0.4 is 0 Å². The summed E-state index contributed by atoms with van der Waals surface area (Å²) in [4.78, 5) is 9.05. The van der Waals surface area contributed by atoms with Crippen molar-refractivity contribution >= 4 is 11.8 Å². The summed E-state index contributed by atoms with van der Waals surface area (Å²) in [5, 5.41) is 0. The fourth-order valence-corrected chi connectivity index (χ4v) is 3.29. The van der Waals surface area contributed by atoms with Crippen molar-refractivity contribution in [3.8, 4) is 11.1 Å². The molecule has 3 aromatic rings. The minimum absolute atomic E-state index is 0.891.